The van der Waals surface area contributed by atoms with Crippen LogP contribution >= 0.6 is 12.4 Å². The highest BCUT2D eigenvalue weighted by molar-refractivity contribution is 5.85. The lowest BCUT2D eigenvalue weighted by atomic mass is 10.1. The smallest absolute Gasteiger partial charge is 0.220 e. The van der Waals surface area contributed by atoms with Gasteiger partial charge in [0.15, 0.2) is 0 Å². The Bertz CT molecular complexity index is 457. The molecular formula is C15H25ClN2O4. The largest absolute Gasteiger partial charge is 0.497 e. The molecule has 1 aromatic carbocycles. The van der Waals surface area contributed by atoms with Gasteiger partial charge in [0.05, 0.1) is 20.3 Å². The number of aliphatic hydroxyl groups is 1. The third kappa shape index (κ3) is 6.51. The van der Waals surface area contributed by atoms with E-state index in [0.29, 0.717) is 23.5 Å². The number of rotatable bonds is 9. The minimum atomic E-state index is -0.844. The summed E-state index contributed by atoms with van der Waals surface area (Å²) in [6.07, 6.45) is 0.354. The fraction of sp³-hybridized carbons (Fsp3) is 0.533. The van der Waals surface area contributed by atoms with E-state index in [1.807, 2.05) is 7.05 Å². The van der Waals surface area contributed by atoms with Crippen LogP contribution < -0.4 is 20.1 Å². The van der Waals surface area contributed by atoms with Crippen molar-refractivity contribution in [1.29, 1.82) is 0 Å². The van der Waals surface area contributed by atoms with Crippen molar-refractivity contribution in [2.45, 2.75) is 18.9 Å². The van der Waals surface area contributed by atoms with E-state index in [1.54, 1.807) is 25.3 Å². The molecule has 0 aliphatic carbocycles. The first kappa shape index (κ1) is 20.5. The number of benzene rings is 1. The van der Waals surface area contributed by atoms with Crippen LogP contribution in [0.1, 0.15) is 24.5 Å². The molecule has 1 aromatic rings. The van der Waals surface area contributed by atoms with Crippen molar-refractivity contribution in [3.8, 4) is 11.5 Å². The molecule has 0 saturated heterocycles. The Morgan fingerprint density at radius 2 is 2.05 bits per heavy atom. The normalized spacial score (nSPS) is 11.3. The van der Waals surface area contributed by atoms with E-state index in [0.717, 1.165) is 13.0 Å². The zero-order valence-corrected chi connectivity index (χ0v) is 14.0. The van der Waals surface area contributed by atoms with E-state index in [9.17, 15) is 9.90 Å². The monoisotopic (exact) mass is 332 g/mol. The predicted octanol–water partition coefficient (Wildman–Crippen LogP) is 1.27. The minimum absolute atomic E-state index is 0. The highest BCUT2D eigenvalue weighted by atomic mass is 35.5. The summed E-state index contributed by atoms with van der Waals surface area (Å²) < 4.78 is 10.4. The number of nitrogens with one attached hydrogen (secondary N) is 2. The Kier molecular flexibility index (Phi) is 10.4. The fourth-order valence-electron chi connectivity index (χ4n) is 1.93. The average molecular weight is 333 g/mol. The maximum atomic E-state index is 11.6. The molecule has 0 heterocycles. The van der Waals surface area contributed by atoms with Gasteiger partial charge in [-0.15, -0.1) is 12.4 Å². The van der Waals surface area contributed by atoms with E-state index in [4.69, 9.17) is 9.47 Å². The van der Waals surface area contributed by atoms with E-state index < -0.39 is 6.10 Å². The van der Waals surface area contributed by atoms with Crippen LogP contribution in [0, 0.1) is 0 Å². The van der Waals surface area contributed by atoms with Gasteiger partial charge in [0.1, 0.15) is 11.5 Å². The van der Waals surface area contributed by atoms with Crippen molar-refractivity contribution < 1.29 is 19.4 Å². The van der Waals surface area contributed by atoms with Crippen LogP contribution in [-0.2, 0) is 4.79 Å². The molecule has 1 amide bonds. The van der Waals surface area contributed by atoms with E-state index in [-0.39, 0.29) is 24.9 Å². The number of hydrogen-bond acceptors (Lipinski definition) is 5. The molecule has 1 atom stereocenters. The highest BCUT2D eigenvalue weighted by Gasteiger charge is 2.15. The minimum Gasteiger partial charge on any atom is -0.497 e. The Balaban J connectivity index is 0.00000441. The van der Waals surface area contributed by atoms with Crippen LogP contribution in [0.5, 0.6) is 11.5 Å². The molecule has 1 rings (SSSR count). The molecule has 0 bridgehead atoms. The molecule has 1 unspecified atom stereocenters. The molecule has 0 fully saturated rings. The second-order valence-electron chi connectivity index (χ2n) is 4.63. The summed E-state index contributed by atoms with van der Waals surface area (Å²) in [4.78, 5) is 11.6. The third-order valence-electron chi connectivity index (χ3n) is 3.12. The summed E-state index contributed by atoms with van der Waals surface area (Å²) in [5, 5.41) is 15.9. The summed E-state index contributed by atoms with van der Waals surface area (Å²) in [5.74, 6) is 1.11. The second kappa shape index (κ2) is 11.1. The summed E-state index contributed by atoms with van der Waals surface area (Å²) >= 11 is 0. The van der Waals surface area contributed by atoms with Crippen molar-refractivity contribution >= 4 is 18.3 Å². The van der Waals surface area contributed by atoms with Crippen LogP contribution in [0.25, 0.3) is 0 Å². The molecule has 0 aliphatic rings. The first-order chi connectivity index (χ1) is 10.1. The Labute approximate surface area is 137 Å². The van der Waals surface area contributed by atoms with Crippen molar-refractivity contribution in [2.75, 3.05) is 34.4 Å². The van der Waals surface area contributed by atoms with Gasteiger partial charge in [-0.05, 0) is 38.2 Å². The van der Waals surface area contributed by atoms with Crippen molar-refractivity contribution in [2.24, 2.45) is 0 Å². The van der Waals surface area contributed by atoms with Gasteiger partial charge in [-0.3, -0.25) is 4.79 Å². The molecule has 22 heavy (non-hydrogen) atoms. The molecule has 0 saturated carbocycles. The van der Waals surface area contributed by atoms with E-state index in [2.05, 4.69) is 10.6 Å². The molecular weight excluding hydrogens is 308 g/mol. The summed E-state index contributed by atoms with van der Waals surface area (Å²) in [6.45, 7) is 0.932. The van der Waals surface area contributed by atoms with Gasteiger partial charge in [0.2, 0.25) is 5.91 Å². The zero-order chi connectivity index (χ0) is 15.7. The zero-order valence-electron chi connectivity index (χ0n) is 13.2. The lowest BCUT2D eigenvalue weighted by Gasteiger charge is -2.16. The molecule has 6 nitrogen and oxygen atoms in total. The lowest BCUT2D eigenvalue weighted by molar-refractivity contribution is -0.121. The topological polar surface area (TPSA) is 79.8 Å². The number of methoxy groups -OCH3 is 2. The molecule has 0 radical (unpaired) electrons. The fourth-order valence-corrected chi connectivity index (χ4v) is 1.93. The Hall–Kier alpha value is -1.50. The SMILES string of the molecule is CNCCCC(=O)NCC(O)c1cc(OC)ccc1OC.Cl. The summed E-state index contributed by atoms with van der Waals surface area (Å²) in [7, 11) is 4.94. The van der Waals surface area contributed by atoms with Crippen molar-refractivity contribution in [1.82, 2.24) is 10.6 Å². The maximum absolute atomic E-state index is 11.6. The van der Waals surface area contributed by atoms with Gasteiger partial charge in [-0.2, -0.15) is 0 Å². The van der Waals surface area contributed by atoms with Crippen LogP contribution in [0.2, 0.25) is 0 Å². The number of ether oxygens (including phenoxy) is 2. The van der Waals surface area contributed by atoms with Gasteiger partial charge in [0, 0.05) is 18.5 Å². The van der Waals surface area contributed by atoms with E-state index in [1.165, 1.54) is 7.11 Å². The maximum Gasteiger partial charge on any atom is 0.220 e. The molecule has 0 aliphatic heterocycles. The molecule has 3 N–H and O–H groups in total. The molecule has 0 aromatic heterocycles. The predicted molar refractivity (Wildman–Crippen MR) is 87.9 cm³/mol. The Morgan fingerprint density at radius 1 is 1.32 bits per heavy atom. The van der Waals surface area contributed by atoms with Gasteiger partial charge < -0.3 is 25.2 Å². The quantitative estimate of drug-likeness (QED) is 0.594. The number of halogens is 1. The van der Waals surface area contributed by atoms with Crippen molar-refractivity contribution in [3.63, 3.8) is 0 Å². The van der Waals surface area contributed by atoms with Gasteiger partial charge in [-0.25, -0.2) is 0 Å². The van der Waals surface area contributed by atoms with Crippen LogP contribution in [0.15, 0.2) is 18.2 Å². The van der Waals surface area contributed by atoms with Crippen LogP contribution in [-0.4, -0.2) is 45.4 Å². The molecule has 126 valence electrons. The Morgan fingerprint density at radius 3 is 2.64 bits per heavy atom. The van der Waals surface area contributed by atoms with Gasteiger partial charge >= 0.3 is 0 Å². The molecule has 7 heteroatoms. The van der Waals surface area contributed by atoms with Gasteiger partial charge in [0.25, 0.3) is 0 Å². The average Bonchev–Trinajstić information content (AvgIpc) is 2.52. The van der Waals surface area contributed by atoms with E-state index >= 15 is 0 Å². The van der Waals surface area contributed by atoms with Crippen molar-refractivity contribution in [3.05, 3.63) is 23.8 Å². The van der Waals surface area contributed by atoms with Crippen LogP contribution in [0.4, 0.5) is 0 Å². The van der Waals surface area contributed by atoms with Crippen LogP contribution in [0.3, 0.4) is 0 Å². The van der Waals surface area contributed by atoms with Gasteiger partial charge in [-0.1, -0.05) is 0 Å². The summed E-state index contributed by atoms with van der Waals surface area (Å²) in [6, 6.07) is 5.19. The standard InChI is InChI=1S/C15H24N2O4.ClH/c1-16-8-4-5-15(19)17-10-13(18)12-9-11(20-2)6-7-14(12)21-3;/h6-7,9,13,16,18H,4-5,8,10H2,1-3H3,(H,17,19);1H. The molecule has 0 spiro atoms. The lowest BCUT2D eigenvalue weighted by Crippen LogP contribution is -2.29. The number of carbonyl (C=O) groups is 1. The number of hydrogen-bond donors (Lipinski definition) is 3. The summed E-state index contributed by atoms with van der Waals surface area (Å²) in [5.41, 5.74) is 0.590. The number of amides is 1. The third-order valence-corrected chi connectivity index (χ3v) is 3.12. The first-order valence-electron chi connectivity index (χ1n) is 6.93. The number of aliphatic hydroxyl groups excluding tert-OH is 1. The highest BCUT2D eigenvalue weighted by Crippen LogP contribution is 2.29. The number of carbonyl (C=O) groups excluding carboxylic acids is 1. The second-order valence-corrected chi connectivity index (χ2v) is 4.63. The first-order valence-corrected chi connectivity index (χ1v) is 6.93.